The fourth-order valence-electron chi connectivity index (χ4n) is 3.32. The van der Waals surface area contributed by atoms with Crippen molar-refractivity contribution in [2.45, 2.75) is 52.0 Å². The Kier molecular flexibility index (Phi) is 10.8. The molecule has 2 rings (SSSR count). The lowest BCUT2D eigenvalue weighted by Crippen LogP contribution is -2.50. The van der Waals surface area contributed by atoms with E-state index in [1.54, 1.807) is 11.4 Å². The number of hydrogen-bond acceptors (Lipinski definition) is 3. The lowest BCUT2D eigenvalue weighted by Gasteiger charge is -2.32. The molecule has 0 radical (unpaired) electrons. The Bertz CT molecular complexity index is 714. The topological polar surface area (TPSA) is 73.8 Å². The third-order valence-electron chi connectivity index (χ3n) is 5.10. The van der Waals surface area contributed by atoms with Gasteiger partial charge in [0.25, 0.3) is 0 Å². The van der Waals surface area contributed by atoms with Gasteiger partial charge in [-0.15, -0.1) is 24.0 Å². The van der Waals surface area contributed by atoms with Gasteiger partial charge in [0, 0.05) is 32.7 Å². The van der Waals surface area contributed by atoms with E-state index in [1.807, 2.05) is 6.92 Å². The second-order valence-corrected chi connectivity index (χ2v) is 9.49. The minimum absolute atomic E-state index is 0. The summed E-state index contributed by atoms with van der Waals surface area (Å²) in [4.78, 5) is 4.32. The lowest BCUT2D eigenvalue weighted by atomic mass is 10.0. The van der Waals surface area contributed by atoms with Crippen molar-refractivity contribution in [3.8, 4) is 0 Å². The first-order chi connectivity index (χ1) is 12.9. The van der Waals surface area contributed by atoms with Gasteiger partial charge in [0.2, 0.25) is 10.0 Å². The van der Waals surface area contributed by atoms with Crippen LogP contribution >= 0.6 is 24.0 Å². The molecule has 0 aliphatic carbocycles. The molecule has 1 aliphatic heterocycles. The number of nitrogens with one attached hydrogen (secondary N) is 2. The number of hydrogen-bond donors (Lipinski definition) is 2. The van der Waals surface area contributed by atoms with Crippen LogP contribution in [0.5, 0.6) is 0 Å². The van der Waals surface area contributed by atoms with Gasteiger partial charge in [-0.25, -0.2) is 12.7 Å². The number of halogens is 1. The van der Waals surface area contributed by atoms with Gasteiger partial charge in [-0.1, -0.05) is 43.7 Å². The maximum atomic E-state index is 12.2. The second kappa shape index (κ2) is 12.0. The van der Waals surface area contributed by atoms with Crippen LogP contribution in [0.2, 0.25) is 0 Å². The number of piperidine rings is 1. The summed E-state index contributed by atoms with van der Waals surface area (Å²) in [5, 5.41) is 6.84. The normalized spacial score (nSPS) is 17.6. The van der Waals surface area contributed by atoms with Gasteiger partial charge in [-0.05, 0) is 37.7 Å². The molecule has 1 fully saturated rings. The molecule has 0 spiro atoms. The monoisotopic (exact) mass is 522 g/mol. The molecule has 0 amide bonds. The molecule has 28 heavy (non-hydrogen) atoms. The number of guanidine groups is 1. The predicted molar refractivity (Wildman–Crippen MR) is 128 cm³/mol. The minimum atomic E-state index is -3.09. The van der Waals surface area contributed by atoms with E-state index in [1.165, 1.54) is 11.1 Å². The van der Waals surface area contributed by atoms with E-state index in [-0.39, 0.29) is 35.8 Å². The quantitative estimate of drug-likeness (QED) is 0.328. The zero-order valence-electron chi connectivity index (χ0n) is 17.4. The van der Waals surface area contributed by atoms with Crippen LogP contribution in [0.1, 0.15) is 50.2 Å². The van der Waals surface area contributed by atoms with Crippen molar-refractivity contribution in [3.63, 3.8) is 0 Å². The third kappa shape index (κ3) is 7.51. The molecule has 1 aliphatic rings. The fraction of sp³-hybridized carbons (Fsp3) is 0.650. The zero-order chi connectivity index (χ0) is 19.9. The molecule has 0 bridgehead atoms. The Balaban J connectivity index is 0.00000392. The first kappa shape index (κ1) is 25.2. The van der Waals surface area contributed by atoms with E-state index in [0.29, 0.717) is 25.4 Å². The molecular weight excluding hydrogens is 487 g/mol. The number of sulfonamides is 1. The molecule has 0 saturated carbocycles. The van der Waals surface area contributed by atoms with Crippen LogP contribution in [0, 0.1) is 6.92 Å². The highest BCUT2D eigenvalue weighted by Gasteiger charge is 2.27. The first-order valence-corrected chi connectivity index (χ1v) is 11.5. The van der Waals surface area contributed by atoms with E-state index in [2.05, 4.69) is 53.7 Å². The van der Waals surface area contributed by atoms with Crippen LogP contribution in [0.25, 0.3) is 0 Å². The van der Waals surface area contributed by atoms with Gasteiger partial charge in [0.15, 0.2) is 5.96 Å². The van der Waals surface area contributed by atoms with E-state index in [9.17, 15) is 8.42 Å². The van der Waals surface area contributed by atoms with Crippen LogP contribution < -0.4 is 10.6 Å². The van der Waals surface area contributed by atoms with Gasteiger partial charge in [-0.3, -0.25) is 4.99 Å². The van der Waals surface area contributed by atoms with Gasteiger partial charge in [0.05, 0.1) is 5.75 Å². The number of benzene rings is 1. The van der Waals surface area contributed by atoms with Gasteiger partial charge in [-0.2, -0.15) is 0 Å². The molecule has 2 N–H and O–H groups in total. The summed E-state index contributed by atoms with van der Waals surface area (Å²) in [6, 6.07) is 8.87. The smallest absolute Gasteiger partial charge is 0.214 e. The van der Waals surface area contributed by atoms with Gasteiger partial charge in [0.1, 0.15) is 0 Å². The molecular formula is C20H35IN4O2S. The SMILES string of the molecule is CCCS(=O)(=O)N1CCC(NC(=NC)NCC(C)c2ccc(C)cc2)CC1.I. The average molecular weight is 522 g/mol. The van der Waals surface area contributed by atoms with E-state index in [0.717, 1.165) is 25.3 Å². The second-order valence-electron chi connectivity index (χ2n) is 7.40. The number of rotatable bonds is 7. The van der Waals surface area contributed by atoms with Crippen molar-refractivity contribution in [1.29, 1.82) is 0 Å². The van der Waals surface area contributed by atoms with Crippen molar-refractivity contribution in [2.75, 3.05) is 32.4 Å². The summed E-state index contributed by atoms with van der Waals surface area (Å²) >= 11 is 0. The molecule has 160 valence electrons. The highest BCUT2D eigenvalue weighted by atomic mass is 127. The summed E-state index contributed by atoms with van der Waals surface area (Å²) in [5.74, 6) is 1.40. The number of nitrogens with zero attached hydrogens (tertiary/aromatic N) is 2. The molecule has 6 nitrogen and oxygen atoms in total. The third-order valence-corrected chi connectivity index (χ3v) is 7.17. The molecule has 1 aromatic carbocycles. The van der Waals surface area contributed by atoms with Crippen molar-refractivity contribution >= 4 is 40.0 Å². The zero-order valence-corrected chi connectivity index (χ0v) is 20.6. The molecule has 0 aromatic heterocycles. The Hall–Kier alpha value is -0.870. The predicted octanol–water partition coefficient (Wildman–Crippen LogP) is 3.09. The summed E-state index contributed by atoms with van der Waals surface area (Å²) in [6.07, 6.45) is 2.27. The van der Waals surface area contributed by atoms with Crippen molar-refractivity contribution in [3.05, 3.63) is 35.4 Å². The lowest BCUT2D eigenvalue weighted by molar-refractivity contribution is 0.306. The Morgan fingerprint density at radius 2 is 1.86 bits per heavy atom. The Morgan fingerprint density at radius 3 is 2.39 bits per heavy atom. The first-order valence-electron chi connectivity index (χ1n) is 9.87. The average Bonchev–Trinajstić information content (AvgIpc) is 2.65. The number of aliphatic imine (C=N–C) groups is 1. The van der Waals surface area contributed by atoms with E-state index < -0.39 is 10.0 Å². The fourth-order valence-corrected chi connectivity index (χ4v) is 4.86. The van der Waals surface area contributed by atoms with Crippen LogP contribution in [-0.4, -0.2) is 57.2 Å². The van der Waals surface area contributed by atoms with Crippen molar-refractivity contribution in [2.24, 2.45) is 4.99 Å². The van der Waals surface area contributed by atoms with E-state index >= 15 is 0 Å². The Morgan fingerprint density at radius 1 is 1.25 bits per heavy atom. The summed E-state index contributed by atoms with van der Waals surface area (Å²) in [5.41, 5.74) is 2.57. The van der Waals surface area contributed by atoms with Crippen LogP contribution in [0.3, 0.4) is 0 Å². The number of aryl methyl sites for hydroxylation is 1. The minimum Gasteiger partial charge on any atom is -0.356 e. The summed E-state index contributed by atoms with van der Waals surface area (Å²) in [7, 11) is -1.32. The molecule has 1 aromatic rings. The summed E-state index contributed by atoms with van der Waals surface area (Å²) < 4.78 is 26.0. The van der Waals surface area contributed by atoms with Crippen molar-refractivity contribution in [1.82, 2.24) is 14.9 Å². The largest absolute Gasteiger partial charge is 0.356 e. The standard InChI is InChI=1S/C20H34N4O2S.HI/c1-5-14-27(25,26)24-12-10-19(11-13-24)23-20(21-4)22-15-17(3)18-8-6-16(2)7-9-18;/h6-9,17,19H,5,10-15H2,1-4H3,(H2,21,22,23);1H. The van der Waals surface area contributed by atoms with Crippen molar-refractivity contribution < 1.29 is 8.42 Å². The van der Waals surface area contributed by atoms with Gasteiger partial charge >= 0.3 is 0 Å². The molecule has 8 heteroatoms. The maximum Gasteiger partial charge on any atom is 0.214 e. The van der Waals surface area contributed by atoms with Crippen LogP contribution in [0.15, 0.2) is 29.3 Å². The van der Waals surface area contributed by atoms with Crippen LogP contribution in [0.4, 0.5) is 0 Å². The van der Waals surface area contributed by atoms with Crippen LogP contribution in [-0.2, 0) is 10.0 Å². The Labute approximate surface area is 187 Å². The highest BCUT2D eigenvalue weighted by molar-refractivity contribution is 14.0. The van der Waals surface area contributed by atoms with Gasteiger partial charge < -0.3 is 10.6 Å². The highest BCUT2D eigenvalue weighted by Crippen LogP contribution is 2.16. The molecule has 1 heterocycles. The maximum absolute atomic E-state index is 12.2. The molecule has 1 unspecified atom stereocenters. The summed E-state index contributed by atoms with van der Waals surface area (Å²) in [6.45, 7) is 8.15. The van der Waals surface area contributed by atoms with E-state index in [4.69, 9.17) is 0 Å². The molecule has 1 saturated heterocycles. The molecule has 1 atom stereocenters.